The molecule has 2 aromatic carbocycles. The first kappa shape index (κ1) is 17.7. The number of aromatic nitrogens is 2. The van der Waals surface area contributed by atoms with Gasteiger partial charge in [-0.25, -0.2) is 4.79 Å². The smallest absolute Gasteiger partial charge is 0.330 e. The summed E-state index contributed by atoms with van der Waals surface area (Å²) in [5, 5.41) is 11.0. The van der Waals surface area contributed by atoms with Crippen LogP contribution < -0.4 is 5.32 Å². The summed E-state index contributed by atoms with van der Waals surface area (Å²) in [6, 6.07) is 11.7. The van der Waals surface area contributed by atoms with Crippen LogP contribution in [0.3, 0.4) is 0 Å². The number of H-pyrrole nitrogens is 1. The number of benzene rings is 2. The molecule has 140 valence electrons. The van der Waals surface area contributed by atoms with Crippen molar-refractivity contribution in [3.63, 3.8) is 0 Å². The first-order valence-electron chi connectivity index (χ1n) is 9.02. The lowest BCUT2D eigenvalue weighted by Crippen LogP contribution is -2.03. The lowest BCUT2D eigenvalue weighted by atomic mass is 10.0. The predicted molar refractivity (Wildman–Crippen MR) is 109 cm³/mol. The van der Waals surface area contributed by atoms with Gasteiger partial charge in [-0.2, -0.15) is 5.10 Å². The Morgan fingerprint density at radius 3 is 2.89 bits per heavy atom. The van der Waals surface area contributed by atoms with Gasteiger partial charge in [0.1, 0.15) is 0 Å². The Balaban J connectivity index is 1.67. The molecule has 0 spiro atoms. The zero-order valence-corrected chi connectivity index (χ0v) is 15.6. The monoisotopic (exact) mass is 373 g/mol. The molecule has 0 aliphatic carbocycles. The van der Waals surface area contributed by atoms with Crippen LogP contribution in [0.15, 0.2) is 42.5 Å². The number of carbonyl (C=O) groups is 2. The summed E-state index contributed by atoms with van der Waals surface area (Å²) < 4.78 is 4.88. The van der Waals surface area contributed by atoms with E-state index in [0.29, 0.717) is 17.9 Å². The van der Waals surface area contributed by atoms with Gasteiger partial charge < -0.3 is 10.1 Å². The van der Waals surface area contributed by atoms with Gasteiger partial charge in [0.25, 0.3) is 5.91 Å². The lowest BCUT2D eigenvalue weighted by Gasteiger charge is -2.01. The molecule has 0 fully saturated rings. The second-order valence-electron chi connectivity index (χ2n) is 6.56. The van der Waals surface area contributed by atoms with Crippen LogP contribution in [0, 0.1) is 6.92 Å². The van der Waals surface area contributed by atoms with Crippen LogP contribution in [-0.4, -0.2) is 28.7 Å². The Labute approximate surface area is 161 Å². The average Bonchev–Trinajstić information content (AvgIpc) is 3.21. The number of aryl methyl sites for hydroxylation is 1. The number of amides is 1. The third kappa shape index (κ3) is 3.32. The first-order valence-corrected chi connectivity index (χ1v) is 9.02. The first-order chi connectivity index (χ1) is 13.5. The minimum atomic E-state index is -0.402. The quantitative estimate of drug-likeness (QED) is 0.536. The van der Waals surface area contributed by atoms with Gasteiger partial charge in [0.15, 0.2) is 0 Å². The number of anilines is 1. The minimum absolute atomic E-state index is 0.108. The summed E-state index contributed by atoms with van der Waals surface area (Å²) >= 11 is 0. The summed E-state index contributed by atoms with van der Waals surface area (Å²) in [4.78, 5) is 23.8. The van der Waals surface area contributed by atoms with Crippen LogP contribution in [0.4, 0.5) is 5.69 Å². The summed E-state index contributed by atoms with van der Waals surface area (Å²) in [5.41, 5.74) is 5.84. The van der Waals surface area contributed by atoms with E-state index in [2.05, 4.69) is 15.5 Å². The molecule has 2 N–H and O–H groups in total. The lowest BCUT2D eigenvalue weighted by molar-refractivity contribution is -0.137. The topological polar surface area (TPSA) is 84.1 Å². The molecule has 2 heterocycles. The molecule has 0 saturated heterocycles. The van der Waals surface area contributed by atoms with Crippen LogP contribution >= 0.6 is 0 Å². The minimum Gasteiger partial charge on any atom is -0.463 e. The van der Waals surface area contributed by atoms with Crippen molar-refractivity contribution in [2.24, 2.45) is 0 Å². The third-order valence-electron chi connectivity index (χ3n) is 4.55. The maximum atomic E-state index is 12.4. The van der Waals surface area contributed by atoms with Gasteiger partial charge in [-0.15, -0.1) is 0 Å². The Kier molecular flexibility index (Phi) is 4.53. The van der Waals surface area contributed by atoms with Crippen molar-refractivity contribution in [1.82, 2.24) is 10.2 Å². The molecular weight excluding hydrogens is 354 g/mol. The van der Waals surface area contributed by atoms with E-state index in [4.69, 9.17) is 4.74 Å². The second-order valence-corrected chi connectivity index (χ2v) is 6.56. The largest absolute Gasteiger partial charge is 0.463 e. The van der Waals surface area contributed by atoms with E-state index in [0.717, 1.165) is 33.3 Å². The van der Waals surface area contributed by atoms with Crippen LogP contribution in [-0.2, 0) is 14.3 Å². The van der Waals surface area contributed by atoms with Crippen molar-refractivity contribution < 1.29 is 14.3 Å². The van der Waals surface area contributed by atoms with Gasteiger partial charge in [-0.1, -0.05) is 17.7 Å². The van der Waals surface area contributed by atoms with Gasteiger partial charge in [-0.3, -0.25) is 9.89 Å². The van der Waals surface area contributed by atoms with Crippen molar-refractivity contribution in [3.05, 3.63) is 64.9 Å². The third-order valence-corrected chi connectivity index (χ3v) is 4.55. The molecule has 0 atom stereocenters. The molecule has 1 aromatic heterocycles. The van der Waals surface area contributed by atoms with Crippen molar-refractivity contribution in [3.8, 4) is 0 Å². The fraction of sp³-hybridized carbons (Fsp3) is 0.136. The Morgan fingerprint density at radius 2 is 2.07 bits per heavy atom. The van der Waals surface area contributed by atoms with E-state index in [1.54, 1.807) is 13.0 Å². The highest BCUT2D eigenvalue weighted by Crippen LogP contribution is 2.34. The maximum Gasteiger partial charge on any atom is 0.330 e. The van der Waals surface area contributed by atoms with Gasteiger partial charge in [0, 0.05) is 28.3 Å². The molecule has 0 unspecified atom stereocenters. The van der Waals surface area contributed by atoms with Crippen molar-refractivity contribution in [2.75, 3.05) is 11.9 Å². The number of rotatable bonds is 4. The summed E-state index contributed by atoms with van der Waals surface area (Å²) in [5.74, 6) is -0.510. The Hall–Kier alpha value is -3.67. The number of carbonyl (C=O) groups excluding carboxylic acids is 2. The number of aromatic amines is 1. The molecule has 1 aliphatic rings. The van der Waals surface area contributed by atoms with E-state index < -0.39 is 5.97 Å². The zero-order chi connectivity index (χ0) is 19.7. The van der Waals surface area contributed by atoms with Gasteiger partial charge in [-0.05, 0) is 55.8 Å². The van der Waals surface area contributed by atoms with E-state index in [1.807, 2.05) is 49.4 Å². The molecule has 3 aromatic rings. The van der Waals surface area contributed by atoms with Gasteiger partial charge in [0.05, 0.1) is 17.8 Å². The average molecular weight is 373 g/mol. The van der Waals surface area contributed by atoms with Gasteiger partial charge >= 0.3 is 5.97 Å². The van der Waals surface area contributed by atoms with Crippen molar-refractivity contribution >= 4 is 46.2 Å². The second kappa shape index (κ2) is 7.15. The molecular formula is C22H19N3O3. The van der Waals surface area contributed by atoms with Crippen LogP contribution in [0.5, 0.6) is 0 Å². The molecule has 1 aliphatic heterocycles. The van der Waals surface area contributed by atoms with Gasteiger partial charge in [0.2, 0.25) is 0 Å². The summed E-state index contributed by atoms with van der Waals surface area (Å²) in [6.07, 6.45) is 4.85. The molecule has 28 heavy (non-hydrogen) atoms. The molecule has 1 amide bonds. The molecule has 0 bridgehead atoms. The van der Waals surface area contributed by atoms with Crippen molar-refractivity contribution in [1.29, 1.82) is 0 Å². The SMILES string of the molecule is CCOC(=O)/C=C/c1n[nH]c2cc(/C=C3/C(=O)Nc4ccc(C)cc43)ccc12. The van der Waals surface area contributed by atoms with E-state index in [-0.39, 0.29) is 5.91 Å². The number of hydrogen-bond donors (Lipinski definition) is 2. The molecule has 0 saturated carbocycles. The number of esters is 1. The van der Waals surface area contributed by atoms with Crippen LogP contribution in [0.2, 0.25) is 0 Å². The molecule has 4 rings (SSSR count). The van der Waals surface area contributed by atoms with E-state index >= 15 is 0 Å². The number of ether oxygens (including phenoxy) is 1. The summed E-state index contributed by atoms with van der Waals surface area (Å²) in [6.45, 7) is 4.09. The number of fused-ring (bicyclic) bond motifs is 2. The fourth-order valence-electron chi connectivity index (χ4n) is 3.22. The summed E-state index contributed by atoms with van der Waals surface area (Å²) in [7, 11) is 0. The molecule has 0 radical (unpaired) electrons. The standard InChI is InChI=1S/C22H19N3O3/c1-3-28-21(26)9-8-19-15-6-5-14(12-20(15)25-24-19)11-17-16-10-13(2)4-7-18(16)23-22(17)27/h4-12H,3H2,1-2H3,(H,23,27)(H,24,25)/b9-8+,17-11+. The van der Waals surface area contributed by atoms with E-state index in [1.165, 1.54) is 6.08 Å². The normalized spacial score (nSPS) is 14.6. The highest BCUT2D eigenvalue weighted by molar-refractivity contribution is 6.35. The highest BCUT2D eigenvalue weighted by atomic mass is 16.5. The fourth-order valence-corrected chi connectivity index (χ4v) is 3.22. The highest BCUT2D eigenvalue weighted by Gasteiger charge is 2.23. The molecule has 6 heteroatoms. The van der Waals surface area contributed by atoms with E-state index in [9.17, 15) is 9.59 Å². The Bertz CT molecular complexity index is 1160. The number of nitrogens with zero attached hydrogens (tertiary/aromatic N) is 1. The maximum absolute atomic E-state index is 12.4. The predicted octanol–water partition coefficient (Wildman–Crippen LogP) is 3.94. The van der Waals surface area contributed by atoms with Crippen LogP contribution in [0.1, 0.15) is 29.3 Å². The number of hydrogen-bond acceptors (Lipinski definition) is 4. The van der Waals surface area contributed by atoms with Crippen LogP contribution in [0.25, 0.3) is 28.6 Å². The Morgan fingerprint density at radius 1 is 1.21 bits per heavy atom. The zero-order valence-electron chi connectivity index (χ0n) is 15.6. The van der Waals surface area contributed by atoms with Crippen molar-refractivity contribution in [2.45, 2.75) is 13.8 Å². The molecule has 6 nitrogen and oxygen atoms in total. The number of nitrogens with one attached hydrogen (secondary N) is 2.